The number of aryl methyl sites for hydroxylation is 4. The van der Waals surface area contributed by atoms with Crippen molar-refractivity contribution in [2.24, 2.45) is 0 Å². The maximum absolute atomic E-state index is 5.57. The molecule has 0 aliphatic carbocycles. The molecule has 4 aromatic rings. The van der Waals surface area contributed by atoms with Gasteiger partial charge >= 0.3 is 0 Å². The summed E-state index contributed by atoms with van der Waals surface area (Å²) in [6.45, 7) is 8.49. The Kier molecular flexibility index (Phi) is 9.79. The number of benzene rings is 2. The molecule has 0 amide bonds. The van der Waals surface area contributed by atoms with Crippen LogP contribution in [-0.2, 0) is 17.1 Å². The van der Waals surface area contributed by atoms with E-state index in [1.807, 2.05) is 30.3 Å². The summed E-state index contributed by atoms with van der Waals surface area (Å²) in [4.78, 5) is 0. The minimum atomic E-state index is -0.620. The predicted octanol–water partition coefficient (Wildman–Crippen LogP) is 5.82. The molecule has 0 fully saturated rings. The fraction of sp³-hybridized carbons (Fsp3) is 0.214. The fourth-order valence-electron chi connectivity index (χ4n) is 4.04. The zero-order chi connectivity index (χ0) is 22.4. The van der Waals surface area contributed by atoms with Crippen molar-refractivity contribution in [3.63, 3.8) is 0 Å². The molecule has 4 rings (SSSR count). The Balaban J connectivity index is 0.000000534. The van der Waals surface area contributed by atoms with Crippen LogP contribution in [0.2, 0.25) is 0 Å². The molecule has 0 unspecified atom stereocenters. The Morgan fingerprint density at radius 2 is 0.938 bits per heavy atom. The number of ether oxygens (including phenoxy) is 2. The van der Waals surface area contributed by atoms with Crippen LogP contribution in [-0.4, -0.2) is 14.2 Å². The van der Waals surface area contributed by atoms with Crippen LogP contribution in [0, 0.1) is 27.7 Å². The summed E-state index contributed by atoms with van der Waals surface area (Å²) >= 11 is 0. The van der Waals surface area contributed by atoms with Gasteiger partial charge in [0.25, 0.3) is 0 Å². The molecule has 0 N–H and O–H groups in total. The number of hydrogen-bond donors (Lipinski definition) is 0. The maximum Gasteiger partial charge on any atom is 0.124 e. The predicted molar refractivity (Wildman–Crippen MR) is 135 cm³/mol. The largest absolute Gasteiger partial charge is 0.748 e. The second-order valence-electron chi connectivity index (χ2n) is 7.67. The van der Waals surface area contributed by atoms with E-state index < -0.39 is 7.92 Å². The third kappa shape index (κ3) is 5.93. The Morgan fingerprint density at radius 1 is 0.625 bits per heavy atom. The van der Waals surface area contributed by atoms with Crippen molar-refractivity contribution in [3.05, 3.63) is 101 Å². The second-order valence-corrected chi connectivity index (χ2v) is 9.89. The van der Waals surface area contributed by atoms with E-state index in [9.17, 15) is 0 Å². The van der Waals surface area contributed by atoms with Crippen molar-refractivity contribution in [1.82, 2.24) is 0 Å². The second kappa shape index (κ2) is 12.1. The SMILES string of the molecule is COc1c(C)cc(P(c2cc(C)c(OC)c(C)c2)[c-]2cccc2)cc1C.[Fe].[cH-]1[cH-][cH-][cH-][cH-]1. The zero-order valence-electron chi connectivity index (χ0n) is 19.6. The summed E-state index contributed by atoms with van der Waals surface area (Å²) < 4.78 is 11.1. The molecule has 174 valence electrons. The first-order valence-electron chi connectivity index (χ1n) is 10.4. The van der Waals surface area contributed by atoms with Crippen LogP contribution in [0.4, 0.5) is 0 Å². The van der Waals surface area contributed by atoms with Gasteiger partial charge in [-0.15, -0.1) is 5.30 Å². The van der Waals surface area contributed by atoms with Crippen molar-refractivity contribution in [2.45, 2.75) is 27.7 Å². The van der Waals surface area contributed by atoms with E-state index in [0.29, 0.717) is 0 Å². The van der Waals surface area contributed by atoms with Crippen molar-refractivity contribution >= 4 is 23.8 Å². The maximum atomic E-state index is 5.57. The molecule has 32 heavy (non-hydrogen) atoms. The van der Waals surface area contributed by atoms with Crippen LogP contribution >= 0.6 is 7.92 Å². The van der Waals surface area contributed by atoms with Crippen LogP contribution < -0.4 is 25.4 Å². The first-order chi connectivity index (χ1) is 15.0. The molecule has 0 aromatic heterocycles. The van der Waals surface area contributed by atoms with Gasteiger partial charge in [-0.25, -0.2) is 12.1 Å². The molecule has 0 saturated heterocycles. The van der Waals surface area contributed by atoms with Gasteiger partial charge in [-0.3, -0.25) is 0 Å². The molecule has 0 atom stereocenters. The van der Waals surface area contributed by atoms with E-state index in [1.54, 1.807) is 14.2 Å². The van der Waals surface area contributed by atoms with Gasteiger partial charge in [0, 0.05) is 17.1 Å². The van der Waals surface area contributed by atoms with E-state index in [-0.39, 0.29) is 17.1 Å². The molecule has 0 aliphatic rings. The summed E-state index contributed by atoms with van der Waals surface area (Å²) in [5.41, 5.74) is 4.74. The van der Waals surface area contributed by atoms with Gasteiger partial charge < -0.3 is 39.8 Å². The molecule has 0 aliphatic heterocycles. The Morgan fingerprint density at radius 3 is 1.22 bits per heavy atom. The average molecular weight is 486 g/mol. The van der Waals surface area contributed by atoms with Crippen LogP contribution in [0.3, 0.4) is 0 Å². The molecule has 0 saturated carbocycles. The first kappa shape index (κ1) is 25.9. The summed E-state index contributed by atoms with van der Waals surface area (Å²) in [6.07, 6.45) is 0. The smallest absolute Gasteiger partial charge is 0.124 e. The van der Waals surface area contributed by atoms with Gasteiger partial charge in [-0.2, -0.15) is 12.1 Å². The van der Waals surface area contributed by atoms with E-state index in [4.69, 9.17) is 9.47 Å². The van der Waals surface area contributed by atoms with Crippen LogP contribution in [0.5, 0.6) is 11.5 Å². The molecule has 2 nitrogen and oxygen atoms in total. The molecule has 0 radical (unpaired) electrons. The minimum Gasteiger partial charge on any atom is -0.748 e. The summed E-state index contributed by atoms with van der Waals surface area (Å²) in [5.74, 6) is 1.96. The fourth-order valence-corrected chi connectivity index (χ4v) is 6.69. The van der Waals surface area contributed by atoms with Crippen LogP contribution in [0.25, 0.3) is 0 Å². The van der Waals surface area contributed by atoms with Crippen LogP contribution in [0.1, 0.15) is 22.3 Å². The van der Waals surface area contributed by atoms with Gasteiger partial charge in [-0.1, -0.05) is 7.92 Å². The van der Waals surface area contributed by atoms with Crippen molar-refractivity contribution < 1.29 is 26.5 Å². The molecule has 4 aromatic carbocycles. The summed E-state index contributed by atoms with van der Waals surface area (Å²) in [5, 5.41) is 4.07. The molecular formula is C28H31FeO2P-6. The standard InChI is InChI=1S/C23H26O2P.C5H5.Fe/c1-15-11-20(12-16(2)22(15)24-5)26(19-9-7-8-10-19)21-13-17(3)23(25-6)18(4)14-21;1-2-4-5-3-1;/h7-14H,1-6H3;1-5H;/q-1;-5;. The van der Waals surface area contributed by atoms with Gasteiger partial charge in [0.1, 0.15) is 11.5 Å². The van der Waals surface area contributed by atoms with Gasteiger partial charge in [-0.05, 0) is 84.8 Å². The summed E-state index contributed by atoms with van der Waals surface area (Å²) in [6, 6.07) is 27.8. The van der Waals surface area contributed by atoms with Gasteiger partial charge in [0.2, 0.25) is 0 Å². The molecule has 0 bridgehead atoms. The van der Waals surface area contributed by atoms with Crippen molar-refractivity contribution in [3.8, 4) is 11.5 Å². The molecule has 0 spiro atoms. The Bertz CT molecular complexity index is 976. The average Bonchev–Trinajstić information content (AvgIpc) is 3.45. The Labute approximate surface area is 204 Å². The van der Waals surface area contributed by atoms with Gasteiger partial charge in [0.15, 0.2) is 0 Å². The quantitative estimate of drug-likeness (QED) is 0.201. The third-order valence-corrected chi connectivity index (χ3v) is 7.64. The van der Waals surface area contributed by atoms with Crippen molar-refractivity contribution in [2.75, 3.05) is 14.2 Å². The normalized spacial score (nSPS) is 10.2. The number of rotatable bonds is 5. The molecular weight excluding hydrogens is 455 g/mol. The number of methoxy groups -OCH3 is 2. The summed E-state index contributed by atoms with van der Waals surface area (Å²) in [7, 11) is 2.86. The van der Waals surface area contributed by atoms with E-state index in [0.717, 1.165) is 11.5 Å². The first-order valence-corrected chi connectivity index (χ1v) is 11.8. The Hall–Kier alpha value is -2.31. The van der Waals surface area contributed by atoms with Crippen molar-refractivity contribution in [1.29, 1.82) is 0 Å². The van der Waals surface area contributed by atoms with E-state index in [2.05, 4.69) is 76.2 Å². The topological polar surface area (TPSA) is 18.5 Å². The third-order valence-electron chi connectivity index (χ3n) is 5.27. The van der Waals surface area contributed by atoms with Crippen LogP contribution in [0.15, 0.2) is 78.9 Å². The number of hydrogen-bond acceptors (Lipinski definition) is 2. The minimum absolute atomic E-state index is 0. The zero-order valence-corrected chi connectivity index (χ0v) is 21.6. The van der Waals surface area contributed by atoms with E-state index in [1.165, 1.54) is 38.2 Å². The van der Waals surface area contributed by atoms with E-state index >= 15 is 0 Å². The molecule has 0 heterocycles. The molecule has 4 heteroatoms. The van der Waals surface area contributed by atoms with Gasteiger partial charge in [0.05, 0.1) is 14.2 Å². The monoisotopic (exact) mass is 486 g/mol.